The lowest BCUT2D eigenvalue weighted by Gasteiger charge is -2.23. The van der Waals surface area contributed by atoms with E-state index in [0.29, 0.717) is 13.1 Å². The summed E-state index contributed by atoms with van der Waals surface area (Å²) in [5.41, 5.74) is 1.15. The minimum atomic E-state index is 0.246. The molecule has 0 spiro atoms. The van der Waals surface area contributed by atoms with Crippen molar-refractivity contribution in [3.05, 3.63) is 53.0 Å². The Hall–Kier alpha value is -1.62. The molecule has 0 aliphatic heterocycles. The van der Waals surface area contributed by atoms with Crippen LogP contribution >= 0.6 is 15.9 Å². The van der Waals surface area contributed by atoms with E-state index in [2.05, 4.69) is 27.0 Å². The number of carbonyl (C=O) groups is 1. The van der Waals surface area contributed by atoms with Crippen molar-refractivity contribution in [1.82, 2.24) is 14.5 Å². The van der Waals surface area contributed by atoms with E-state index < -0.39 is 0 Å². The highest BCUT2D eigenvalue weighted by atomic mass is 79.9. The molecule has 1 heterocycles. The number of benzene rings is 1. The molecule has 2 aromatic rings. The molecule has 1 amide bonds. The summed E-state index contributed by atoms with van der Waals surface area (Å²) >= 11 is 3.56. The molecule has 110 valence electrons. The molecule has 0 N–H and O–H groups in total. The smallest absolute Gasteiger partial charge is 0.226 e. The van der Waals surface area contributed by atoms with Crippen LogP contribution in [0.15, 0.2) is 47.5 Å². The van der Waals surface area contributed by atoms with E-state index in [0.717, 1.165) is 29.4 Å². The van der Waals surface area contributed by atoms with Crippen molar-refractivity contribution in [2.24, 2.45) is 5.92 Å². The molecule has 0 unspecified atom stereocenters. The molecule has 0 bridgehead atoms. The molecule has 21 heavy (non-hydrogen) atoms. The number of rotatable bonds is 6. The van der Waals surface area contributed by atoms with Crippen LogP contribution < -0.4 is 0 Å². The van der Waals surface area contributed by atoms with Crippen LogP contribution in [-0.4, -0.2) is 26.9 Å². The lowest BCUT2D eigenvalue weighted by Crippen LogP contribution is -2.34. The Morgan fingerprint density at radius 2 is 2.19 bits per heavy atom. The molecular formula is C16H18BrN3O. The Bertz CT molecular complexity index is 608. The molecule has 1 aromatic heterocycles. The second-order valence-corrected chi connectivity index (χ2v) is 6.28. The summed E-state index contributed by atoms with van der Waals surface area (Å²) in [6, 6.07) is 8.08. The standard InChI is InChI=1S/C16H18BrN3O/c17-15-4-2-1-3-14(15)11-20(16(21)13-5-6-13)10-9-19-8-7-18-12-19/h1-4,7-8,12-13H,5-6,9-11H2. The zero-order chi connectivity index (χ0) is 14.7. The fourth-order valence-corrected chi connectivity index (χ4v) is 2.75. The molecule has 0 atom stereocenters. The van der Waals surface area contributed by atoms with Crippen molar-refractivity contribution < 1.29 is 4.79 Å². The second kappa shape index (κ2) is 6.43. The van der Waals surface area contributed by atoms with E-state index >= 15 is 0 Å². The maximum absolute atomic E-state index is 12.5. The lowest BCUT2D eigenvalue weighted by molar-refractivity contribution is -0.133. The average Bonchev–Trinajstić information content (AvgIpc) is 3.21. The van der Waals surface area contributed by atoms with E-state index in [1.54, 1.807) is 12.5 Å². The van der Waals surface area contributed by atoms with Gasteiger partial charge in [-0.3, -0.25) is 4.79 Å². The van der Waals surface area contributed by atoms with Gasteiger partial charge in [-0.15, -0.1) is 0 Å². The number of hydrogen-bond donors (Lipinski definition) is 0. The van der Waals surface area contributed by atoms with Crippen LogP contribution in [0.25, 0.3) is 0 Å². The molecular weight excluding hydrogens is 330 g/mol. The van der Waals surface area contributed by atoms with Gasteiger partial charge in [0.15, 0.2) is 0 Å². The molecule has 4 nitrogen and oxygen atoms in total. The van der Waals surface area contributed by atoms with Crippen LogP contribution in [0.3, 0.4) is 0 Å². The summed E-state index contributed by atoms with van der Waals surface area (Å²) < 4.78 is 3.06. The van der Waals surface area contributed by atoms with Crippen molar-refractivity contribution in [2.45, 2.75) is 25.9 Å². The van der Waals surface area contributed by atoms with Crippen LogP contribution in [0.4, 0.5) is 0 Å². The fraction of sp³-hybridized carbons (Fsp3) is 0.375. The van der Waals surface area contributed by atoms with Crippen molar-refractivity contribution in [3.63, 3.8) is 0 Å². The predicted octanol–water partition coefficient (Wildman–Crippen LogP) is 3.08. The van der Waals surface area contributed by atoms with Crippen LogP contribution in [0.5, 0.6) is 0 Å². The molecule has 1 aromatic carbocycles. The lowest BCUT2D eigenvalue weighted by atomic mass is 10.2. The number of carbonyl (C=O) groups excluding carboxylic acids is 1. The highest BCUT2D eigenvalue weighted by molar-refractivity contribution is 9.10. The van der Waals surface area contributed by atoms with Crippen molar-refractivity contribution in [1.29, 1.82) is 0 Å². The van der Waals surface area contributed by atoms with Gasteiger partial charge in [-0.25, -0.2) is 4.98 Å². The van der Waals surface area contributed by atoms with Crippen LogP contribution in [-0.2, 0) is 17.9 Å². The molecule has 1 aliphatic carbocycles. The fourth-order valence-electron chi connectivity index (χ4n) is 2.34. The van der Waals surface area contributed by atoms with Gasteiger partial charge in [-0.2, -0.15) is 0 Å². The number of amides is 1. The van der Waals surface area contributed by atoms with Crippen molar-refractivity contribution in [3.8, 4) is 0 Å². The minimum Gasteiger partial charge on any atom is -0.336 e. The van der Waals surface area contributed by atoms with E-state index in [1.165, 1.54) is 0 Å². The molecule has 1 fully saturated rings. The topological polar surface area (TPSA) is 38.1 Å². The summed E-state index contributed by atoms with van der Waals surface area (Å²) in [7, 11) is 0. The normalized spacial score (nSPS) is 14.1. The Morgan fingerprint density at radius 1 is 1.38 bits per heavy atom. The Kier molecular flexibility index (Phi) is 4.39. The first-order valence-corrected chi connectivity index (χ1v) is 8.01. The van der Waals surface area contributed by atoms with Gasteiger partial charge in [-0.05, 0) is 24.5 Å². The van der Waals surface area contributed by atoms with Gasteiger partial charge in [0.1, 0.15) is 0 Å². The molecule has 0 radical (unpaired) electrons. The summed E-state index contributed by atoms with van der Waals surface area (Å²) in [6.45, 7) is 2.15. The third-order valence-electron chi connectivity index (χ3n) is 3.74. The Labute approximate surface area is 132 Å². The maximum atomic E-state index is 12.5. The second-order valence-electron chi connectivity index (χ2n) is 5.43. The zero-order valence-corrected chi connectivity index (χ0v) is 13.4. The van der Waals surface area contributed by atoms with Crippen LogP contribution in [0.1, 0.15) is 18.4 Å². The first-order chi connectivity index (χ1) is 10.2. The summed E-state index contributed by atoms with van der Waals surface area (Å²) in [5, 5.41) is 0. The first kappa shape index (κ1) is 14.3. The number of imidazole rings is 1. The third kappa shape index (κ3) is 3.73. The van der Waals surface area contributed by atoms with Crippen LogP contribution in [0.2, 0.25) is 0 Å². The van der Waals surface area contributed by atoms with Gasteiger partial charge >= 0.3 is 0 Å². The summed E-state index contributed by atoms with van der Waals surface area (Å²) in [6.07, 6.45) is 7.56. The van der Waals surface area contributed by atoms with Crippen molar-refractivity contribution in [2.75, 3.05) is 6.54 Å². The van der Waals surface area contributed by atoms with Gasteiger partial charge in [0.2, 0.25) is 5.91 Å². The molecule has 5 heteroatoms. The molecule has 1 saturated carbocycles. The van der Waals surface area contributed by atoms with E-state index in [4.69, 9.17) is 0 Å². The molecule has 3 rings (SSSR count). The first-order valence-electron chi connectivity index (χ1n) is 7.22. The van der Waals surface area contributed by atoms with Gasteiger partial charge in [0, 0.05) is 42.4 Å². The Balaban J connectivity index is 1.69. The predicted molar refractivity (Wildman–Crippen MR) is 84.5 cm³/mol. The molecule has 0 saturated heterocycles. The summed E-state index contributed by atoms with van der Waals surface area (Å²) in [4.78, 5) is 18.5. The van der Waals surface area contributed by atoms with Gasteiger partial charge in [0.25, 0.3) is 0 Å². The quantitative estimate of drug-likeness (QED) is 0.805. The molecule has 1 aliphatic rings. The van der Waals surface area contributed by atoms with Crippen molar-refractivity contribution >= 4 is 21.8 Å². The summed E-state index contributed by atoms with van der Waals surface area (Å²) in [5.74, 6) is 0.529. The van der Waals surface area contributed by atoms with E-state index in [9.17, 15) is 4.79 Å². The number of aromatic nitrogens is 2. The van der Waals surface area contributed by atoms with Gasteiger partial charge in [0.05, 0.1) is 6.33 Å². The van der Waals surface area contributed by atoms with Crippen LogP contribution in [0, 0.1) is 5.92 Å². The monoisotopic (exact) mass is 347 g/mol. The maximum Gasteiger partial charge on any atom is 0.226 e. The van der Waals surface area contributed by atoms with E-state index in [-0.39, 0.29) is 11.8 Å². The number of nitrogens with zero attached hydrogens (tertiary/aromatic N) is 3. The van der Waals surface area contributed by atoms with Gasteiger partial charge < -0.3 is 9.47 Å². The number of hydrogen-bond acceptors (Lipinski definition) is 2. The minimum absolute atomic E-state index is 0.246. The Morgan fingerprint density at radius 3 is 2.86 bits per heavy atom. The SMILES string of the molecule is O=C(C1CC1)N(CCn1ccnc1)Cc1ccccc1Br. The zero-order valence-electron chi connectivity index (χ0n) is 11.8. The largest absolute Gasteiger partial charge is 0.336 e. The highest BCUT2D eigenvalue weighted by Crippen LogP contribution is 2.32. The highest BCUT2D eigenvalue weighted by Gasteiger charge is 2.33. The van der Waals surface area contributed by atoms with Gasteiger partial charge in [-0.1, -0.05) is 34.1 Å². The average molecular weight is 348 g/mol. The van der Waals surface area contributed by atoms with E-state index in [1.807, 2.05) is 33.9 Å². The number of halogens is 1. The third-order valence-corrected chi connectivity index (χ3v) is 4.52.